The van der Waals surface area contributed by atoms with Crippen molar-refractivity contribution in [3.05, 3.63) is 52.0 Å². The Morgan fingerprint density at radius 1 is 1.31 bits per heavy atom. The van der Waals surface area contributed by atoms with Crippen LogP contribution < -0.4 is 10.6 Å². The normalized spacial score (nSPS) is 24.3. The summed E-state index contributed by atoms with van der Waals surface area (Å²) in [4.78, 5) is 21.7. The van der Waals surface area contributed by atoms with E-state index in [0.29, 0.717) is 16.7 Å². The van der Waals surface area contributed by atoms with E-state index in [1.165, 1.54) is 18.5 Å². The largest absolute Gasteiger partial charge is 0.465 e. The quantitative estimate of drug-likeness (QED) is 0.656. The topological polar surface area (TPSA) is 92.3 Å². The fraction of sp³-hybridized carbons (Fsp3) is 0.421. The van der Waals surface area contributed by atoms with E-state index in [4.69, 9.17) is 5.73 Å². The van der Waals surface area contributed by atoms with Gasteiger partial charge in [0.15, 0.2) is 0 Å². The number of nitrogens with zero attached hydrogens (tertiary/aromatic N) is 3. The van der Waals surface area contributed by atoms with Crippen molar-refractivity contribution in [1.82, 2.24) is 9.97 Å². The monoisotopic (exact) mass is 472 g/mol. The summed E-state index contributed by atoms with van der Waals surface area (Å²) in [6.45, 7) is 3.58. The third kappa shape index (κ3) is 3.59. The number of halogens is 4. The van der Waals surface area contributed by atoms with Crippen LogP contribution in [0.4, 0.5) is 23.7 Å². The zero-order valence-electron chi connectivity index (χ0n) is 15.7. The first-order valence-electron chi connectivity index (χ1n) is 9.05. The molecule has 0 bridgehead atoms. The fourth-order valence-corrected chi connectivity index (χ4v) is 4.38. The van der Waals surface area contributed by atoms with Crippen LogP contribution in [0.5, 0.6) is 0 Å². The Bertz CT molecular complexity index is 923. The number of anilines is 1. The van der Waals surface area contributed by atoms with Crippen LogP contribution in [0, 0.1) is 5.92 Å². The Balaban J connectivity index is 2.35. The Hall–Kier alpha value is -2.20. The first kappa shape index (κ1) is 21.5. The summed E-state index contributed by atoms with van der Waals surface area (Å²) in [5, 5.41) is 9.87. The second-order valence-electron chi connectivity index (χ2n) is 6.99. The molecule has 0 saturated heterocycles. The zero-order valence-corrected chi connectivity index (χ0v) is 17.3. The van der Waals surface area contributed by atoms with Crippen molar-refractivity contribution in [2.75, 3.05) is 4.90 Å². The van der Waals surface area contributed by atoms with Crippen LogP contribution in [0.2, 0.25) is 0 Å². The second kappa shape index (κ2) is 7.56. The van der Waals surface area contributed by atoms with Gasteiger partial charge in [-0.05, 0) is 52.5 Å². The summed E-state index contributed by atoms with van der Waals surface area (Å²) in [6, 6.07) is 3.02. The average molecular weight is 473 g/mol. The van der Waals surface area contributed by atoms with Gasteiger partial charge in [0.2, 0.25) is 0 Å². The van der Waals surface area contributed by atoms with E-state index in [-0.39, 0.29) is 17.7 Å². The number of hydrogen-bond donors (Lipinski definition) is 2. The van der Waals surface area contributed by atoms with E-state index in [2.05, 4.69) is 25.9 Å². The molecule has 0 radical (unpaired) electrons. The number of hydrogen-bond acceptors (Lipinski definition) is 4. The Morgan fingerprint density at radius 3 is 2.41 bits per heavy atom. The van der Waals surface area contributed by atoms with Crippen molar-refractivity contribution in [3.63, 3.8) is 0 Å². The highest BCUT2D eigenvalue weighted by molar-refractivity contribution is 9.10. The number of rotatable bonds is 3. The molecule has 156 valence electrons. The molecule has 3 atom stereocenters. The van der Waals surface area contributed by atoms with Gasteiger partial charge in [-0.3, -0.25) is 4.90 Å². The molecule has 1 amide bonds. The molecule has 10 heteroatoms. The lowest BCUT2D eigenvalue weighted by atomic mass is 9.70. The third-order valence-electron chi connectivity index (χ3n) is 5.51. The molecule has 0 saturated carbocycles. The molecule has 3 N–H and O–H groups in total. The van der Waals surface area contributed by atoms with Gasteiger partial charge in [-0.2, -0.15) is 13.2 Å². The highest BCUT2D eigenvalue weighted by Gasteiger charge is 2.52. The first-order valence-corrected chi connectivity index (χ1v) is 9.84. The summed E-state index contributed by atoms with van der Waals surface area (Å²) in [5.41, 5.74) is 4.75. The molecule has 1 unspecified atom stereocenters. The molecule has 1 aliphatic rings. The molecule has 1 aromatic carbocycles. The zero-order chi connectivity index (χ0) is 21.6. The molecule has 1 aliphatic heterocycles. The van der Waals surface area contributed by atoms with E-state index in [1.54, 1.807) is 6.92 Å². The van der Waals surface area contributed by atoms with Crippen LogP contribution in [-0.2, 0) is 6.18 Å². The number of carboxylic acid groups (broad SMARTS) is 1. The van der Waals surface area contributed by atoms with Gasteiger partial charge in [-0.15, -0.1) is 0 Å². The molecule has 0 fully saturated rings. The third-order valence-corrected chi connectivity index (χ3v) is 5.92. The van der Waals surface area contributed by atoms with Gasteiger partial charge in [-0.25, -0.2) is 14.8 Å². The molecule has 6 nitrogen and oxygen atoms in total. The minimum Gasteiger partial charge on any atom is -0.465 e. The molecule has 0 spiro atoms. The molecule has 2 aromatic rings. The Kier molecular flexibility index (Phi) is 5.61. The van der Waals surface area contributed by atoms with Crippen LogP contribution in [-0.4, -0.2) is 26.8 Å². The minimum absolute atomic E-state index is 0.121. The predicted octanol–water partition coefficient (Wildman–Crippen LogP) is 4.98. The summed E-state index contributed by atoms with van der Waals surface area (Å²) < 4.78 is 40.8. The maximum Gasteiger partial charge on any atom is 0.416 e. The molecule has 2 heterocycles. The van der Waals surface area contributed by atoms with Gasteiger partial charge in [0.25, 0.3) is 0 Å². The summed E-state index contributed by atoms with van der Waals surface area (Å²) in [7, 11) is 0. The van der Waals surface area contributed by atoms with Gasteiger partial charge in [0.05, 0.1) is 21.6 Å². The van der Waals surface area contributed by atoms with Crippen LogP contribution in [0.3, 0.4) is 0 Å². The van der Waals surface area contributed by atoms with E-state index >= 15 is 0 Å². The van der Waals surface area contributed by atoms with Crippen molar-refractivity contribution < 1.29 is 23.1 Å². The molecule has 3 rings (SSSR count). The number of alkyl halides is 3. The van der Waals surface area contributed by atoms with Crippen LogP contribution in [0.15, 0.2) is 35.1 Å². The summed E-state index contributed by atoms with van der Waals surface area (Å²) in [6.07, 6.45) is -2.17. The van der Waals surface area contributed by atoms with Crippen molar-refractivity contribution in [2.45, 2.75) is 44.4 Å². The highest BCUT2D eigenvalue weighted by atomic mass is 79.9. The summed E-state index contributed by atoms with van der Waals surface area (Å²) in [5.74, 6) is -0.916. The van der Waals surface area contributed by atoms with Gasteiger partial charge < -0.3 is 10.8 Å². The van der Waals surface area contributed by atoms with Gasteiger partial charge in [0.1, 0.15) is 11.5 Å². The number of carbonyl (C=O) groups is 1. The van der Waals surface area contributed by atoms with E-state index in [0.717, 1.165) is 17.0 Å². The maximum absolute atomic E-state index is 13.4. The van der Waals surface area contributed by atoms with E-state index in [9.17, 15) is 23.1 Å². The van der Waals surface area contributed by atoms with Crippen molar-refractivity contribution >= 4 is 27.7 Å². The predicted molar refractivity (Wildman–Crippen MR) is 105 cm³/mol. The maximum atomic E-state index is 13.4. The molecular weight excluding hydrogens is 453 g/mol. The van der Waals surface area contributed by atoms with E-state index in [1.807, 2.05) is 6.92 Å². The Labute approximate surface area is 174 Å². The fourth-order valence-electron chi connectivity index (χ4n) is 4.17. The lowest BCUT2D eigenvalue weighted by Crippen LogP contribution is -2.66. The van der Waals surface area contributed by atoms with Gasteiger partial charge in [-0.1, -0.05) is 13.8 Å². The van der Waals surface area contributed by atoms with Crippen LogP contribution in [0.1, 0.15) is 49.6 Å². The van der Waals surface area contributed by atoms with Gasteiger partial charge >= 0.3 is 12.3 Å². The Morgan fingerprint density at radius 2 is 1.93 bits per heavy atom. The van der Waals surface area contributed by atoms with Crippen molar-refractivity contribution in [2.24, 2.45) is 11.7 Å². The number of benzene rings is 1. The number of fused-ring (bicyclic) bond motifs is 1. The molecule has 1 aromatic heterocycles. The molecule has 29 heavy (non-hydrogen) atoms. The summed E-state index contributed by atoms with van der Waals surface area (Å²) >= 11 is 3.25. The smallest absolute Gasteiger partial charge is 0.416 e. The SMILES string of the molecule is CCC1[C@H](c2ncc(Br)cn2)c2cc(C(F)(F)F)ccc2N(C(=O)O)[C@]1(N)CC. The van der Waals surface area contributed by atoms with E-state index < -0.39 is 35.3 Å². The number of amides is 1. The highest BCUT2D eigenvalue weighted by Crippen LogP contribution is 2.51. The average Bonchev–Trinajstić information content (AvgIpc) is 2.66. The first-order chi connectivity index (χ1) is 13.5. The lowest BCUT2D eigenvalue weighted by molar-refractivity contribution is -0.137. The minimum atomic E-state index is -4.57. The van der Waals surface area contributed by atoms with Crippen molar-refractivity contribution in [1.29, 1.82) is 0 Å². The number of aromatic nitrogens is 2. The van der Waals surface area contributed by atoms with Crippen LogP contribution in [0.25, 0.3) is 0 Å². The molecular formula is C19H20BrF3N4O2. The standard InChI is InChI=1S/C19H20BrF3N4O2/c1-3-13-15(16-25-8-11(20)9-26-16)12-7-10(19(21,22)23)5-6-14(12)27(17(28)29)18(13,24)4-2/h5-9,13,15H,3-4,24H2,1-2H3,(H,28,29)/t13?,15-,18-/m1/s1. The van der Waals surface area contributed by atoms with Gasteiger partial charge in [0, 0.05) is 18.3 Å². The van der Waals surface area contributed by atoms with Crippen molar-refractivity contribution in [3.8, 4) is 0 Å². The second-order valence-corrected chi connectivity index (χ2v) is 7.90. The number of nitrogens with two attached hydrogens (primary N) is 1. The van der Waals surface area contributed by atoms with Crippen LogP contribution >= 0.6 is 15.9 Å². The lowest BCUT2D eigenvalue weighted by Gasteiger charge is -2.51. The molecule has 0 aliphatic carbocycles.